The third-order valence-electron chi connectivity index (χ3n) is 4.32. The Morgan fingerprint density at radius 3 is 2.50 bits per heavy atom. The first-order chi connectivity index (χ1) is 9.52. The Morgan fingerprint density at radius 1 is 1.30 bits per heavy atom. The lowest BCUT2D eigenvalue weighted by atomic mass is 9.65. The molecule has 1 rings (SSSR count). The molecule has 116 valence electrons. The van der Waals surface area contributed by atoms with Gasteiger partial charge in [0.05, 0.1) is 12.7 Å². The molecule has 0 radical (unpaired) electrons. The second-order valence-corrected chi connectivity index (χ2v) is 5.47. The molecule has 0 saturated heterocycles. The van der Waals surface area contributed by atoms with Gasteiger partial charge in [0.25, 0.3) is 0 Å². The summed E-state index contributed by atoms with van der Waals surface area (Å²) in [6, 6.07) is 0. The van der Waals surface area contributed by atoms with Crippen molar-refractivity contribution in [3.63, 3.8) is 0 Å². The van der Waals surface area contributed by atoms with E-state index in [1.807, 2.05) is 6.92 Å². The Balaban J connectivity index is 3.07. The minimum atomic E-state index is -1.41. The number of ether oxygens (including phenoxy) is 2. The standard InChI is InChI=1S/C15H26O5/c1-4-9-15(13(16)17,14(18)20-5-2)11-7-6-8-12(10-11)19-3/h11-12H,4-10H2,1-3H3,(H,16,17). The SMILES string of the molecule is CCCC(C(=O)O)(C(=O)OCC)C1CCCC(OC)C1. The Bertz CT molecular complexity index is 341. The zero-order chi connectivity index (χ0) is 15.2. The Kier molecular flexibility index (Phi) is 6.46. The predicted octanol–water partition coefficient (Wildman–Crippen LogP) is 2.63. The maximum atomic E-state index is 12.3. The van der Waals surface area contributed by atoms with Crippen LogP contribution in [0.5, 0.6) is 0 Å². The zero-order valence-electron chi connectivity index (χ0n) is 12.7. The predicted molar refractivity (Wildman–Crippen MR) is 74.4 cm³/mol. The molecule has 1 aliphatic carbocycles. The summed E-state index contributed by atoms with van der Waals surface area (Å²) in [5.41, 5.74) is -1.41. The number of esters is 1. The molecule has 0 bridgehead atoms. The van der Waals surface area contributed by atoms with E-state index in [9.17, 15) is 14.7 Å². The highest BCUT2D eigenvalue weighted by Gasteiger charge is 2.53. The highest BCUT2D eigenvalue weighted by molar-refractivity contribution is 5.99. The minimum absolute atomic E-state index is 0.0405. The van der Waals surface area contributed by atoms with E-state index in [-0.39, 0.29) is 18.6 Å². The molecular formula is C15H26O5. The van der Waals surface area contributed by atoms with Gasteiger partial charge in [-0.25, -0.2) is 0 Å². The number of carboxylic acids is 1. The van der Waals surface area contributed by atoms with Crippen molar-refractivity contribution in [3.05, 3.63) is 0 Å². The van der Waals surface area contributed by atoms with Crippen LogP contribution >= 0.6 is 0 Å². The van der Waals surface area contributed by atoms with Gasteiger partial charge in [-0.3, -0.25) is 9.59 Å². The molecule has 20 heavy (non-hydrogen) atoms. The maximum Gasteiger partial charge on any atom is 0.323 e. The summed E-state index contributed by atoms with van der Waals surface area (Å²) >= 11 is 0. The van der Waals surface area contributed by atoms with Crippen molar-refractivity contribution in [2.24, 2.45) is 11.3 Å². The Labute approximate surface area is 120 Å². The molecule has 5 heteroatoms. The van der Waals surface area contributed by atoms with Gasteiger partial charge in [-0.1, -0.05) is 19.8 Å². The van der Waals surface area contributed by atoms with Crippen molar-refractivity contribution in [2.75, 3.05) is 13.7 Å². The number of methoxy groups -OCH3 is 1. The molecular weight excluding hydrogens is 260 g/mol. The second kappa shape index (κ2) is 7.62. The number of hydrogen-bond acceptors (Lipinski definition) is 4. The van der Waals surface area contributed by atoms with Gasteiger partial charge in [-0.2, -0.15) is 0 Å². The van der Waals surface area contributed by atoms with Crippen molar-refractivity contribution in [2.45, 2.75) is 58.5 Å². The highest BCUT2D eigenvalue weighted by atomic mass is 16.5. The largest absolute Gasteiger partial charge is 0.480 e. The molecule has 0 aromatic heterocycles. The fraction of sp³-hybridized carbons (Fsp3) is 0.867. The van der Waals surface area contributed by atoms with E-state index in [0.29, 0.717) is 19.3 Å². The van der Waals surface area contributed by atoms with Gasteiger partial charge in [0.1, 0.15) is 0 Å². The third-order valence-corrected chi connectivity index (χ3v) is 4.32. The summed E-state index contributed by atoms with van der Waals surface area (Å²) in [5, 5.41) is 9.72. The molecule has 3 unspecified atom stereocenters. The number of hydrogen-bond donors (Lipinski definition) is 1. The molecule has 0 spiro atoms. The molecule has 0 aromatic rings. The van der Waals surface area contributed by atoms with Crippen molar-refractivity contribution in [1.29, 1.82) is 0 Å². The van der Waals surface area contributed by atoms with Crippen molar-refractivity contribution in [1.82, 2.24) is 0 Å². The molecule has 1 fully saturated rings. The molecule has 1 saturated carbocycles. The average Bonchev–Trinajstić information content (AvgIpc) is 2.44. The van der Waals surface area contributed by atoms with E-state index < -0.39 is 17.4 Å². The molecule has 3 atom stereocenters. The van der Waals surface area contributed by atoms with Gasteiger partial charge in [-0.05, 0) is 38.5 Å². The van der Waals surface area contributed by atoms with Crippen LogP contribution in [0.1, 0.15) is 52.4 Å². The van der Waals surface area contributed by atoms with Gasteiger partial charge in [0.15, 0.2) is 5.41 Å². The van der Waals surface area contributed by atoms with Crippen LogP contribution in [0.15, 0.2) is 0 Å². The van der Waals surface area contributed by atoms with Crippen LogP contribution in [0.4, 0.5) is 0 Å². The second-order valence-electron chi connectivity index (χ2n) is 5.47. The first-order valence-corrected chi connectivity index (χ1v) is 7.46. The van der Waals surface area contributed by atoms with E-state index in [0.717, 1.165) is 19.3 Å². The van der Waals surface area contributed by atoms with Crippen LogP contribution in [-0.2, 0) is 19.1 Å². The third kappa shape index (κ3) is 3.32. The van der Waals surface area contributed by atoms with E-state index in [1.54, 1.807) is 14.0 Å². The average molecular weight is 286 g/mol. The molecule has 1 N–H and O–H groups in total. The first-order valence-electron chi connectivity index (χ1n) is 7.46. The number of carbonyl (C=O) groups is 2. The van der Waals surface area contributed by atoms with Gasteiger partial charge in [0.2, 0.25) is 0 Å². The molecule has 0 amide bonds. The van der Waals surface area contributed by atoms with Gasteiger partial charge < -0.3 is 14.6 Å². The lowest BCUT2D eigenvalue weighted by Gasteiger charge is -2.39. The van der Waals surface area contributed by atoms with Crippen molar-refractivity contribution < 1.29 is 24.2 Å². The van der Waals surface area contributed by atoms with E-state index in [4.69, 9.17) is 9.47 Å². The summed E-state index contributed by atoms with van der Waals surface area (Å²) < 4.78 is 10.5. The number of rotatable bonds is 7. The van der Waals surface area contributed by atoms with Gasteiger partial charge in [-0.15, -0.1) is 0 Å². The fourth-order valence-corrected chi connectivity index (χ4v) is 3.30. The van der Waals surface area contributed by atoms with Gasteiger partial charge >= 0.3 is 11.9 Å². The zero-order valence-corrected chi connectivity index (χ0v) is 12.7. The first kappa shape index (κ1) is 17.0. The fourth-order valence-electron chi connectivity index (χ4n) is 3.30. The van der Waals surface area contributed by atoms with Crippen LogP contribution < -0.4 is 0 Å². The molecule has 1 aliphatic rings. The Morgan fingerprint density at radius 2 is 2.00 bits per heavy atom. The maximum absolute atomic E-state index is 12.3. The van der Waals surface area contributed by atoms with Crippen molar-refractivity contribution in [3.8, 4) is 0 Å². The van der Waals surface area contributed by atoms with Crippen LogP contribution in [-0.4, -0.2) is 36.9 Å². The number of carbonyl (C=O) groups excluding carboxylic acids is 1. The van der Waals surface area contributed by atoms with Crippen molar-refractivity contribution >= 4 is 11.9 Å². The summed E-state index contributed by atoms with van der Waals surface area (Å²) in [4.78, 5) is 24.2. The number of aliphatic carboxylic acids is 1. The topological polar surface area (TPSA) is 72.8 Å². The summed E-state index contributed by atoms with van der Waals surface area (Å²) in [6.45, 7) is 3.81. The normalized spacial score (nSPS) is 25.8. The smallest absolute Gasteiger partial charge is 0.323 e. The monoisotopic (exact) mass is 286 g/mol. The number of carboxylic acid groups (broad SMARTS) is 1. The molecule has 0 aromatic carbocycles. The van der Waals surface area contributed by atoms with Crippen LogP contribution in [0, 0.1) is 11.3 Å². The van der Waals surface area contributed by atoms with E-state index in [2.05, 4.69) is 0 Å². The molecule has 0 heterocycles. The summed E-state index contributed by atoms with van der Waals surface area (Å²) in [7, 11) is 1.64. The van der Waals surface area contributed by atoms with Crippen LogP contribution in [0.3, 0.4) is 0 Å². The van der Waals surface area contributed by atoms with E-state index in [1.165, 1.54) is 0 Å². The van der Waals surface area contributed by atoms with Gasteiger partial charge in [0, 0.05) is 7.11 Å². The summed E-state index contributed by atoms with van der Waals surface area (Å²) in [6.07, 6.45) is 4.17. The van der Waals surface area contributed by atoms with E-state index >= 15 is 0 Å². The molecule has 5 nitrogen and oxygen atoms in total. The highest BCUT2D eigenvalue weighted by Crippen LogP contribution is 2.44. The minimum Gasteiger partial charge on any atom is -0.480 e. The van der Waals surface area contributed by atoms with Crippen LogP contribution in [0.25, 0.3) is 0 Å². The lowest BCUT2D eigenvalue weighted by Crippen LogP contribution is -2.49. The van der Waals surface area contributed by atoms with Crippen LogP contribution in [0.2, 0.25) is 0 Å². The lowest BCUT2D eigenvalue weighted by molar-refractivity contribution is -0.176. The Hall–Kier alpha value is -1.10. The summed E-state index contributed by atoms with van der Waals surface area (Å²) in [5.74, 6) is -1.85. The quantitative estimate of drug-likeness (QED) is 0.575. The molecule has 0 aliphatic heterocycles.